The molecule has 3 heteroatoms. The predicted molar refractivity (Wildman–Crippen MR) is 121 cm³/mol. The van der Waals surface area contributed by atoms with Crippen LogP contribution in [0.5, 0.6) is 0 Å². The van der Waals surface area contributed by atoms with Crippen molar-refractivity contribution in [2.75, 3.05) is 10.2 Å². The van der Waals surface area contributed by atoms with Crippen molar-refractivity contribution in [2.45, 2.75) is 64.0 Å². The second kappa shape index (κ2) is 6.87. The number of fused-ring (bicyclic) bond motifs is 1. The number of nitrogens with zero attached hydrogens (tertiary/aromatic N) is 1. The molecular weight excluding hydrogens is 368 g/mol. The fraction of sp³-hybridized carbons (Fsp3) is 0.519. The van der Waals surface area contributed by atoms with E-state index in [1.54, 1.807) is 0 Å². The summed E-state index contributed by atoms with van der Waals surface area (Å²) < 4.78 is 0. The van der Waals surface area contributed by atoms with Gasteiger partial charge in [-0.05, 0) is 93.4 Å². The van der Waals surface area contributed by atoms with Gasteiger partial charge in [-0.2, -0.15) is 0 Å². The molecule has 0 unspecified atom stereocenters. The zero-order chi connectivity index (χ0) is 20.3. The summed E-state index contributed by atoms with van der Waals surface area (Å²) in [4.78, 5) is 16.4. The molecule has 7 rings (SSSR count). The summed E-state index contributed by atoms with van der Waals surface area (Å²) in [6.45, 7) is 2.24. The summed E-state index contributed by atoms with van der Waals surface area (Å²) in [7, 11) is 0. The molecule has 2 aromatic carbocycles. The van der Waals surface area contributed by atoms with Crippen molar-refractivity contribution >= 4 is 17.3 Å². The van der Waals surface area contributed by atoms with Crippen LogP contribution in [0.3, 0.4) is 0 Å². The van der Waals surface area contributed by atoms with E-state index in [0.29, 0.717) is 5.91 Å². The lowest BCUT2D eigenvalue weighted by Crippen LogP contribution is -2.57. The van der Waals surface area contributed by atoms with Gasteiger partial charge in [-0.15, -0.1) is 0 Å². The fourth-order valence-electron chi connectivity index (χ4n) is 7.62. The number of carbonyl (C=O) groups is 1. The zero-order valence-electron chi connectivity index (χ0n) is 17.9. The average Bonchev–Trinajstić information content (AvgIpc) is 2.73. The molecule has 2 aromatic rings. The van der Waals surface area contributed by atoms with E-state index in [-0.39, 0.29) is 17.5 Å². The summed E-state index contributed by atoms with van der Waals surface area (Å²) in [5, 5.41) is 3.72. The van der Waals surface area contributed by atoms with Gasteiger partial charge in [0.05, 0.1) is 11.5 Å². The number of benzene rings is 2. The van der Waals surface area contributed by atoms with Crippen LogP contribution in [0.1, 0.15) is 63.5 Å². The fourth-order valence-corrected chi connectivity index (χ4v) is 7.62. The Balaban J connectivity index is 1.34. The van der Waals surface area contributed by atoms with Gasteiger partial charge in [0.1, 0.15) is 0 Å². The van der Waals surface area contributed by atoms with Crippen molar-refractivity contribution in [2.24, 2.45) is 23.2 Å². The summed E-state index contributed by atoms with van der Waals surface area (Å²) in [6.07, 6.45) is 8.48. The molecule has 1 amide bonds. The zero-order valence-corrected chi connectivity index (χ0v) is 17.9. The molecule has 4 fully saturated rings. The molecule has 2 atom stereocenters. The van der Waals surface area contributed by atoms with E-state index < -0.39 is 0 Å². The Kier molecular flexibility index (Phi) is 4.23. The molecule has 4 saturated carbocycles. The van der Waals surface area contributed by atoms with Crippen LogP contribution >= 0.6 is 0 Å². The second-order valence-electron chi connectivity index (χ2n) is 10.6. The number of rotatable bonds is 3. The van der Waals surface area contributed by atoms with Gasteiger partial charge in [0.25, 0.3) is 0 Å². The summed E-state index contributed by atoms with van der Waals surface area (Å²) in [6, 6.07) is 19.5. The third kappa shape index (κ3) is 2.89. The maximum atomic E-state index is 14.2. The molecule has 0 aromatic heterocycles. The van der Waals surface area contributed by atoms with E-state index in [1.807, 2.05) is 0 Å². The summed E-state index contributed by atoms with van der Waals surface area (Å²) in [5.41, 5.74) is 3.45. The molecule has 0 spiro atoms. The molecule has 1 heterocycles. The molecule has 30 heavy (non-hydrogen) atoms. The quantitative estimate of drug-likeness (QED) is 0.667. The molecule has 3 nitrogen and oxygen atoms in total. The van der Waals surface area contributed by atoms with Gasteiger partial charge in [0, 0.05) is 17.4 Å². The van der Waals surface area contributed by atoms with Crippen LogP contribution in [0.2, 0.25) is 0 Å². The second-order valence-corrected chi connectivity index (χ2v) is 10.6. The molecule has 4 bridgehead atoms. The lowest BCUT2D eigenvalue weighted by molar-refractivity contribution is -0.144. The highest BCUT2D eigenvalue weighted by atomic mass is 16.2. The van der Waals surface area contributed by atoms with Crippen molar-refractivity contribution < 1.29 is 4.79 Å². The number of para-hydroxylation sites is 2. The van der Waals surface area contributed by atoms with E-state index in [9.17, 15) is 4.79 Å². The van der Waals surface area contributed by atoms with E-state index in [1.165, 1.54) is 24.8 Å². The maximum absolute atomic E-state index is 14.2. The van der Waals surface area contributed by atoms with Gasteiger partial charge in [-0.3, -0.25) is 4.79 Å². The third-order valence-electron chi connectivity index (χ3n) is 8.41. The largest absolute Gasteiger partial charge is 0.378 e. The van der Waals surface area contributed by atoms with E-state index in [2.05, 4.69) is 71.7 Å². The number of hydrogen-bond donors (Lipinski definition) is 1. The van der Waals surface area contributed by atoms with Crippen LogP contribution in [0.4, 0.5) is 11.4 Å². The number of amides is 1. The number of anilines is 2. The van der Waals surface area contributed by atoms with Crippen molar-refractivity contribution in [3.63, 3.8) is 0 Å². The van der Waals surface area contributed by atoms with Crippen molar-refractivity contribution in [3.8, 4) is 0 Å². The van der Waals surface area contributed by atoms with Gasteiger partial charge in [0.2, 0.25) is 5.91 Å². The Hall–Kier alpha value is -2.29. The lowest BCUT2D eigenvalue weighted by Gasteiger charge is -2.57. The minimum atomic E-state index is -0.0875. The monoisotopic (exact) mass is 400 g/mol. The van der Waals surface area contributed by atoms with Crippen LogP contribution in [0.15, 0.2) is 54.6 Å². The van der Waals surface area contributed by atoms with Crippen LogP contribution in [0, 0.1) is 23.2 Å². The Morgan fingerprint density at radius 1 is 0.867 bits per heavy atom. The Bertz CT molecular complexity index is 917. The van der Waals surface area contributed by atoms with Crippen LogP contribution < -0.4 is 10.2 Å². The SMILES string of the molecule is C[C@H]1C[C@H](Nc2ccccc2)c2ccccc2N1C(=O)C12CC3CC(CC(C3)C1)C2. The highest BCUT2D eigenvalue weighted by molar-refractivity contribution is 5.99. The smallest absolute Gasteiger partial charge is 0.233 e. The highest BCUT2D eigenvalue weighted by Crippen LogP contribution is 2.61. The Labute approximate surface area is 179 Å². The molecule has 5 aliphatic rings. The molecule has 1 aliphatic heterocycles. The summed E-state index contributed by atoms with van der Waals surface area (Å²) in [5.74, 6) is 2.81. The molecule has 0 radical (unpaired) electrons. The lowest BCUT2D eigenvalue weighted by atomic mass is 9.49. The first-order valence-corrected chi connectivity index (χ1v) is 11.9. The van der Waals surface area contributed by atoms with E-state index in [4.69, 9.17) is 0 Å². The van der Waals surface area contributed by atoms with Crippen molar-refractivity contribution in [1.82, 2.24) is 0 Å². The molecule has 156 valence electrons. The minimum Gasteiger partial charge on any atom is -0.378 e. The molecule has 0 saturated heterocycles. The standard InChI is InChI=1S/C27H32N2O/c1-18-11-24(28-22-7-3-2-4-8-22)23-9-5-6-10-25(23)29(18)26(30)27-15-19-12-20(16-27)14-21(13-19)17-27/h2-10,18-21,24,28H,11-17H2,1H3/t18-,19?,20?,21?,24-,27?/m0/s1. The topological polar surface area (TPSA) is 32.3 Å². The van der Waals surface area contributed by atoms with Crippen molar-refractivity contribution in [3.05, 3.63) is 60.2 Å². The Morgan fingerprint density at radius 2 is 1.47 bits per heavy atom. The minimum absolute atomic E-state index is 0.0875. The first-order valence-electron chi connectivity index (χ1n) is 11.9. The first kappa shape index (κ1) is 18.5. The number of hydrogen-bond acceptors (Lipinski definition) is 2. The Morgan fingerprint density at radius 3 is 2.13 bits per heavy atom. The average molecular weight is 401 g/mol. The van der Waals surface area contributed by atoms with Crippen LogP contribution in [-0.2, 0) is 4.79 Å². The van der Waals surface area contributed by atoms with Gasteiger partial charge in [0.15, 0.2) is 0 Å². The number of nitrogens with one attached hydrogen (secondary N) is 1. The van der Waals surface area contributed by atoms with Gasteiger partial charge >= 0.3 is 0 Å². The predicted octanol–water partition coefficient (Wildman–Crippen LogP) is 6.18. The van der Waals surface area contributed by atoms with Crippen LogP contribution in [-0.4, -0.2) is 11.9 Å². The van der Waals surface area contributed by atoms with Gasteiger partial charge in [-0.1, -0.05) is 36.4 Å². The van der Waals surface area contributed by atoms with Crippen LogP contribution in [0.25, 0.3) is 0 Å². The molecular formula is C27H32N2O. The van der Waals surface area contributed by atoms with Gasteiger partial charge in [-0.25, -0.2) is 0 Å². The molecule has 1 N–H and O–H groups in total. The summed E-state index contributed by atoms with van der Waals surface area (Å²) >= 11 is 0. The van der Waals surface area contributed by atoms with Crippen molar-refractivity contribution in [1.29, 1.82) is 0 Å². The highest BCUT2D eigenvalue weighted by Gasteiger charge is 2.56. The molecule has 4 aliphatic carbocycles. The van der Waals surface area contributed by atoms with E-state index in [0.717, 1.165) is 54.8 Å². The maximum Gasteiger partial charge on any atom is 0.233 e. The van der Waals surface area contributed by atoms with Gasteiger partial charge < -0.3 is 10.2 Å². The van der Waals surface area contributed by atoms with E-state index >= 15 is 0 Å². The first-order chi connectivity index (χ1) is 14.6. The number of carbonyl (C=O) groups excluding carboxylic acids is 1. The third-order valence-corrected chi connectivity index (χ3v) is 8.41. The normalized spacial score (nSPS) is 36.4.